The zero-order valence-electron chi connectivity index (χ0n) is 12.5. The van der Waals surface area contributed by atoms with Crippen LogP contribution in [0.25, 0.3) is 0 Å². The number of hydrogen-bond acceptors (Lipinski definition) is 3. The molecule has 7 heteroatoms. The van der Waals surface area contributed by atoms with Crippen LogP contribution in [0.4, 0.5) is 10.1 Å². The normalized spacial score (nSPS) is 11.6. The van der Waals surface area contributed by atoms with E-state index in [2.05, 4.69) is 10.6 Å². The molecule has 6 nitrogen and oxygen atoms in total. The average Bonchev–Trinajstić information content (AvgIpc) is 2.44. The molecule has 1 aromatic carbocycles. The van der Waals surface area contributed by atoms with Gasteiger partial charge in [0.1, 0.15) is 5.82 Å². The summed E-state index contributed by atoms with van der Waals surface area (Å²) in [5.41, 5.74) is 0.0503. The van der Waals surface area contributed by atoms with Gasteiger partial charge in [0.15, 0.2) is 0 Å². The monoisotopic (exact) mass is 310 g/mol. The maximum absolute atomic E-state index is 13.5. The van der Waals surface area contributed by atoms with Crippen molar-refractivity contribution in [2.24, 2.45) is 5.92 Å². The second-order valence-corrected chi connectivity index (χ2v) is 4.91. The molecule has 0 heterocycles. The highest BCUT2D eigenvalue weighted by atomic mass is 19.1. The van der Waals surface area contributed by atoms with Crippen LogP contribution in [0.3, 0.4) is 0 Å². The number of nitrogens with one attached hydrogen (secondary N) is 2. The Morgan fingerprint density at radius 1 is 1.32 bits per heavy atom. The Balaban J connectivity index is 2.77. The first kappa shape index (κ1) is 17.6. The molecule has 3 N–H and O–H groups in total. The van der Waals surface area contributed by atoms with Gasteiger partial charge in [0.05, 0.1) is 11.6 Å². The Hall–Kier alpha value is -2.44. The third kappa shape index (κ3) is 5.16. The molecule has 22 heavy (non-hydrogen) atoms. The molecule has 0 fully saturated rings. The maximum Gasteiger partial charge on any atom is 0.308 e. The number of carboxylic acid groups (broad SMARTS) is 1. The van der Waals surface area contributed by atoms with Gasteiger partial charge in [0, 0.05) is 19.0 Å². The van der Waals surface area contributed by atoms with Crippen molar-refractivity contribution in [1.29, 1.82) is 0 Å². The van der Waals surface area contributed by atoms with Crippen molar-refractivity contribution in [2.75, 3.05) is 11.9 Å². The van der Waals surface area contributed by atoms with Gasteiger partial charge in [-0.1, -0.05) is 13.3 Å². The van der Waals surface area contributed by atoms with E-state index in [0.717, 1.165) is 6.07 Å². The zero-order chi connectivity index (χ0) is 16.7. The molecule has 0 radical (unpaired) electrons. The number of carbonyl (C=O) groups is 3. The Labute approximate surface area is 127 Å². The molecule has 1 atom stereocenters. The molecule has 0 spiro atoms. The van der Waals surface area contributed by atoms with Crippen molar-refractivity contribution in [3.63, 3.8) is 0 Å². The molecule has 0 aliphatic carbocycles. The van der Waals surface area contributed by atoms with Crippen LogP contribution in [0, 0.1) is 11.7 Å². The van der Waals surface area contributed by atoms with Crippen molar-refractivity contribution < 1.29 is 23.9 Å². The molecule has 1 unspecified atom stereocenters. The summed E-state index contributed by atoms with van der Waals surface area (Å²) in [6.45, 7) is 3.08. The summed E-state index contributed by atoms with van der Waals surface area (Å²) < 4.78 is 13.5. The van der Waals surface area contributed by atoms with Gasteiger partial charge in [-0.25, -0.2) is 4.39 Å². The van der Waals surface area contributed by atoms with Crippen molar-refractivity contribution in [3.05, 3.63) is 29.6 Å². The number of amides is 2. The lowest BCUT2D eigenvalue weighted by Gasteiger charge is -2.13. The van der Waals surface area contributed by atoms with Crippen molar-refractivity contribution in [3.8, 4) is 0 Å². The predicted molar refractivity (Wildman–Crippen MR) is 79.1 cm³/mol. The molecule has 1 rings (SSSR count). The van der Waals surface area contributed by atoms with Gasteiger partial charge in [0.2, 0.25) is 5.91 Å². The fraction of sp³-hybridized carbons (Fsp3) is 0.400. The highest BCUT2D eigenvalue weighted by molar-refractivity contribution is 5.97. The molecule has 0 aromatic heterocycles. The van der Waals surface area contributed by atoms with Crippen molar-refractivity contribution in [1.82, 2.24) is 5.32 Å². The first-order chi connectivity index (χ1) is 10.3. The van der Waals surface area contributed by atoms with Crippen LogP contribution < -0.4 is 10.6 Å². The third-order valence-electron chi connectivity index (χ3n) is 3.03. The summed E-state index contributed by atoms with van der Waals surface area (Å²) in [4.78, 5) is 34.0. The molecular formula is C15H19FN2O4. The lowest BCUT2D eigenvalue weighted by atomic mass is 10.0. The number of carboxylic acids is 1. The molecule has 0 saturated heterocycles. The van der Waals surface area contributed by atoms with E-state index in [1.165, 1.54) is 19.1 Å². The molecule has 0 bridgehead atoms. The quantitative estimate of drug-likeness (QED) is 0.718. The topological polar surface area (TPSA) is 95.5 Å². The molecular weight excluding hydrogens is 291 g/mol. The standard InChI is InChI=1S/C15H19FN2O4/c1-3-4-11(15(21)22)8-17-14(20)10-5-6-12(16)13(7-10)18-9(2)19/h5-7,11H,3-4,8H2,1-2H3,(H,17,20)(H,18,19)(H,21,22). The summed E-state index contributed by atoms with van der Waals surface area (Å²) in [7, 11) is 0. The number of anilines is 1. The summed E-state index contributed by atoms with van der Waals surface area (Å²) >= 11 is 0. The number of benzene rings is 1. The van der Waals surface area contributed by atoms with Crippen LogP contribution in [0.5, 0.6) is 0 Å². The van der Waals surface area contributed by atoms with E-state index >= 15 is 0 Å². The summed E-state index contributed by atoms with van der Waals surface area (Å²) in [6, 6.07) is 3.55. The number of rotatable bonds is 7. The predicted octanol–water partition coefficient (Wildman–Crippen LogP) is 2.01. The third-order valence-corrected chi connectivity index (χ3v) is 3.03. The number of aliphatic carboxylic acids is 1. The second kappa shape index (κ2) is 8.11. The summed E-state index contributed by atoms with van der Waals surface area (Å²) in [6.07, 6.45) is 1.15. The Morgan fingerprint density at radius 3 is 2.55 bits per heavy atom. The second-order valence-electron chi connectivity index (χ2n) is 4.91. The van der Waals surface area contributed by atoms with E-state index in [1.54, 1.807) is 0 Å². The lowest BCUT2D eigenvalue weighted by molar-refractivity contribution is -0.141. The minimum Gasteiger partial charge on any atom is -0.481 e. The van der Waals surface area contributed by atoms with E-state index in [-0.39, 0.29) is 17.8 Å². The van der Waals surface area contributed by atoms with Crippen LogP contribution in [0.2, 0.25) is 0 Å². The Morgan fingerprint density at radius 2 is 2.00 bits per heavy atom. The van der Waals surface area contributed by atoms with Gasteiger partial charge in [-0.3, -0.25) is 14.4 Å². The van der Waals surface area contributed by atoms with Gasteiger partial charge in [-0.2, -0.15) is 0 Å². The zero-order valence-corrected chi connectivity index (χ0v) is 12.5. The Bertz CT molecular complexity index is 575. The molecule has 1 aromatic rings. The highest BCUT2D eigenvalue weighted by Gasteiger charge is 2.18. The van der Waals surface area contributed by atoms with Crippen LogP contribution in [0.1, 0.15) is 37.0 Å². The van der Waals surface area contributed by atoms with Crippen LogP contribution >= 0.6 is 0 Å². The first-order valence-corrected chi connectivity index (χ1v) is 6.93. The maximum atomic E-state index is 13.5. The fourth-order valence-electron chi connectivity index (χ4n) is 1.93. The number of hydrogen-bond donors (Lipinski definition) is 3. The van der Waals surface area contributed by atoms with Gasteiger partial charge in [-0.05, 0) is 24.6 Å². The van der Waals surface area contributed by atoms with E-state index in [1.807, 2.05) is 6.92 Å². The molecule has 0 saturated carbocycles. The summed E-state index contributed by atoms with van der Waals surface area (Å²) in [5, 5.41) is 13.8. The fourth-order valence-corrected chi connectivity index (χ4v) is 1.93. The first-order valence-electron chi connectivity index (χ1n) is 6.93. The molecule has 0 aliphatic heterocycles. The van der Waals surface area contributed by atoms with E-state index in [9.17, 15) is 18.8 Å². The Kier molecular flexibility index (Phi) is 6.49. The number of carbonyl (C=O) groups excluding carboxylic acids is 2. The smallest absolute Gasteiger partial charge is 0.308 e. The van der Waals surface area contributed by atoms with E-state index in [4.69, 9.17) is 5.11 Å². The highest BCUT2D eigenvalue weighted by Crippen LogP contribution is 2.16. The minimum atomic E-state index is -0.972. The molecule has 2 amide bonds. The molecule has 0 aliphatic rings. The van der Waals surface area contributed by atoms with Gasteiger partial charge >= 0.3 is 5.97 Å². The van der Waals surface area contributed by atoms with Gasteiger partial charge in [0.25, 0.3) is 5.91 Å². The van der Waals surface area contributed by atoms with Crippen molar-refractivity contribution in [2.45, 2.75) is 26.7 Å². The SMILES string of the molecule is CCCC(CNC(=O)c1ccc(F)c(NC(C)=O)c1)C(=O)O. The van der Waals surface area contributed by atoms with Crippen LogP contribution in [-0.4, -0.2) is 29.4 Å². The van der Waals surface area contributed by atoms with E-state index in [0.29, 0.717) is 12.8 Å². The molecule has 120 valence electrons. The van der Waals surface area contributed by atoms with Gasteiger partial charge < -0.3 is 15.7 Å². The van der Waals surface area contributed by atoms with Crippen molar-refractivity contribution >= 4 is 23.5 Å². The van der Waals surface area contributed by atoms with Crippen LogP contribution in [0.15, 0.2) is 18.2 Å². The summed E-state index contributed by atoms with van der Waals surface area (Å²) in [5.74, 6) is -3.26. The lowest BCUT2D eigenvalue weighted by Crippen LogP contribution is -2.33. The van der Waals surface area contributed by atoms with Crippen LogP contribution in [-0.2, 0) is 9.59 Å². The average molecular weight is 310 g/mol. The minimum absolute atomic E-state index is 0.00511. The largest absolute Gasteiger partial charge is 0.481 e. The van der Waals surface area contributed by atoms with E-state index < -0.39 is 29.5 Å². The van der Waals surface area contributed by atoms with Gasteiger partial charge in [-0.15, -0.1) is 0 Å². The number of halogens is 1.